The number of fused-ring (bicyclic) bond motifs is 2. The Hall–Kier alpha value is -0.800. The Morgan fingerprint density at radius 1 is 1.60 bits per heavy atom. The average molecular weight is 206 g/mol. The fraction of sp³-hybridized carbons (Fsp3) is 0.667. The summed E-state index contributed by atoms with van der Waals surface area (Å²) in [6.07, 6.45) is 4.09. The number of hydrogen-bond donors (Lipinski definition) is 1. The summed E-state index contributed by atoms with van der Waals surface area (Å²) in [5, 5.41) is 3.70. The molecule has 0 amide bonds. The summed E-state index contributed by atoms with van der Waals surface area (Å²) in [6.45, 7) is 6.77. The zero-order valence-corrected chi connectivity index (χ0v) is 9.25. The molecule has 3 nitrogen and oxygen atoms in total. The highest BCUT2D eigenvalue weighted by Crippen LogP contribution is 2.36. The Kier molecular flexibility index (Phi) is 2.11. The first-order valence-corrected chi connectivity index (χ1v) is 5.88. The molecular weight excluding hydrogens is 188 g/mol. The Balaban J connectivity index is 1.95. The zero-order valence-electron chi connectivity index (χ0n) is 9.25. The Morgan fingerprint density at radius 3 is 3.33 bits per heavy atom. The van der Waals surface area contributed by atoms with Gasteiger partial charge in [-0.25, -0.2) is 0 Å². The maximum absolute atomic E-state index is 5.55. The van der Waals surface area contributed by atoms with Crippen LogP contribution in [0.5, 0.6) is 0 Å². The van der Waals surface area contributed by atoms with E-state index in [0.29, 0.717) is 0 Å². The van der Waals surface area contributed by atoms with Crippen LogP contribution in [0.3, 0.4) is 0 Å². The van der Waals surface area contributed by atoms with Gasteiger partial charge in [-0.05, 0) is 19.0 Å². The predicted molar refractivity (Wildman–Crippen MR) is 58.8 cm³/mol. The lowest BCUT2D eigenvalue weighted by Gasteiger charge is -2.34. The fourth-order valence-electron chi connectivity index (χ4n) is 2.99. The summed E-state index contributed by atoms with van der Waals surface area (Å²) in [4.78, 5) is 2.51. The number of nitrogens with one attached hydrogen (secondary N) is 1. The van der Waals surface area contributed by atoms with E-state index >= 15 is 0 Å². The van der Waals surface area contributed by atoms with Gasteiger partial charge in [0.1, 0.15) is 5.76 Å². The van der Waals surface area contributed by atoms with Gasteiger partial charge in [0, 0.05) is 31.6 Å². The molecule has 1 N–H and O–H groups in total. The van der Waals surface area contributed by atoms with Gasteiger partial charge in [0.05, 0.1) is 11.8 Å². The van der Waals surface area contributed by atoms with Crippen LogP contribution in [0.15, 0.2) is 16.7 Å². The Labute approximate surface area is 90.4 Å². The van der Waals surface area contributed by atoms with Crippen molar-refractivity contribution in [1.29, 1.82) is 0 Å². The first kappa shape index (κ1) is 9.43. The van der Waals surface area contributed by atoms with Gasteiger partial charge in [0.2, 0.25) is 0 Å². The highest BCUT2D eigenvalue weighted by Gasteiger charge is 2.42. The van der Waals surface area contributed by atoms with Crippen LogP contribution in [-0.2, 0) is 12.0 Å². The van der Waals surface area contributed by atoms with E-state index in [0.717, 1.165) is 26.1 Å². The van der Waals surface area contributed by atoms with Crippen molar-refractivity contribution >= 4 is 0 Å². The number of likely N-dealkylation sites (tertiary alicyclic amines) is 1. The van der Waals surface area contributed by atoms with E-state index in [1.165, 1.54) is 24.3 Å². The molecule has 2 aliphatic rings. The van der Waals surface area contributed by atoms with Gasteiger partial charge in [-0.3, -0.25) is 0 Å². The molecule has 3 heterocycles. The van der Waals surface area contributed by atoms with E-state index in [1.807, 2.05) is 6.26 Å². The number of likely N-dealkylation sites (N-methyl/N-ethyl adjacent to an activating group) is 1. The molecule has 1 fully saturated rings. The first-order valence-electron chi connectivity index (χ1n) is 5.88. The van der Waals surface area contributed by atoms with E-state index in [-0.39, 0.29) is 5.54 Å². The molecule has 3 rings (SSSR count). The minimum absolute atomic E-state index is 0.191. The van der Waals surface area contributed by atoms with Crippen LogP contribution in [0.25, 0.3) is 0 Å². The fourth-order valence-corrected chi connectivity index (χ4v) is 2.99. The number of rotatable bonds is 1. The first-order chi connectivity index (χ1) is 7.34. The van der Waals surface area contributed by atoms with Crippen LogP contribution in [-0.4, -0.2) is 31.1 Å². The van der Waals surface area contributed by atoms with Gasteiger partial charge in [-0.15, -0.1) is 0 Å². The smallest absolute Gasteiger partial charge is 0.110 e. The summed E-state index contributed by atoms with van der Waals surface area (Å²) in [6, 6.07) is 2.15. The molecule has 2 aliphatic heterocycles. The van der Waals surface area contributed by atoms with E-state index in [9.17, 15) is 0 Å². The van der Waals surface area contributed by atoms with Crippen LogP contribution < -0.4 is 5.32 Å². The molecule has 0 radical (unpaired) electrons. The maximum atomic E-state index is 5.55. The molecule has 1 atom stereocenters. The zero-order chi connectivity index (χ0) is 10.3. The Bertz CT molecular complexity index is 360. The molecule has 82 valence electrons. The van der Waals surface area contributed by atoms with Crippen LogP contribution >= 0.6 is 0 Å². The molecule has 1 saturated heterocycles. The molecular formula is C12H18N2O. The molecule has 0 saturated carbocycles. The molecule has 3 heteroatoms. The van der Waals surface area contributed by atoms with Crippen molar-refractivity contribution in [2.75, 3.05) is 26.2 Å². The summed E-state index contributed by atoms with van der Waals surface area (Å²) >= 11 is 0. The van der Waals surface area contributed by atoms with Crippen molar-refractivity contribution in [2.45, 2.75) is 25.3 Å². The monoisotopic (exact) mass is 206 g/mol. The van der Waals surface area contributed by atoms with Crippen LogP contribution in [0, 0.1) is 0 Å². The van der Waals surface area contributed by atoms with Crippen molar-refractivity contribution in [1.82, 2.24) is 10.2 Å². The second-order valence-corrected chi connectivity index (χ2v) is 4.64. The number of hydrogen-bond acceptors (Lipinski definition) is 3. The second-order valence-electron chi connectivity index (χ2n) is 4.64. The second kappa shape index (κ2) is 3.35. The Morgan fingerprint density at radius 2 is 2.53 bits per heavy atom. The summed E-state index contributed by atoms with van der Waals surface area (Å²) < 4.78 is 5.55. The summed E-state index contributed by atoms with van der Waals surface area (Å²) in [7, 11) is 0. The van der Waals surface area contributed by atoms with E-state index in [1.54, 1.807) is 0 Å². The third-order valence-electron chi connectivity index (χ3n) is 3.87. The van der Waals surface area contributed by atoms with Crippen molar-refractivity contribution in [3.8, 4) is 0 Å². The minimum atomic E-state index is 0.191. The number of nitrogens with zero attached hydrogens (tertiary/aromatic N) is 1. The lowest BCUT2D eigenvalue weighted by atomic mass is 9.85. The van der Waals surface area contributed by atoms with E-state index in [4.69, 9.17) is 4.42 Å². The van der Waals surface area contributed by atoms with Crippen LogP contribution in [0.2, 0.25) is 0 Å². The molecule has 0 aliphatic carbocycles. The van der Waals surface area contributed by atoms with Crippen LogP contribution in [0.1, 0.15) is 24.7 Å². The summed E-state index contributed by atoms with van der Waals surface area (Å²) in [5.74, 6) is 1.20. The SMILES string of the molecule is CCN1CCC2(C1)NCCc1occc12. The van der Waals surface area contributed by atoms with E-state index < -0.39 is 0 Å². The number of furan rings is 1. The molecule has 1 aromatic rings. The standard InChI is InChI=1S/C12H18N2O/c1-2-14-7-5-12(9-14)10-4-8-15-11(10)3-6-13-12/h4,8,13H,2-3,5-7,9H2,1H3. The minimum Gasteiger partial charge on any atom is -0.469 e. The van der Waals surface area contributed by atoms with Crippen molar-refractivity contribution < 1.29 is 4.42 Å². The van der Waals surface area contributed by atoms with Gasteiger partial charge in [-0.2, -0.15) is 0 Å². The molecule has 1 aromatic heterocycles. The summed E-state index contributed by atoms with van der Waals surface area (Å²) in [5.41, 5.74) is 1.60. The maximum Gasteiger partial charge on any atom is 0.110 e. The van der Waals surface area contributed by atoms with Gasteiger partial charge in [0.15, 0.2) is 0 Å². The highest BCUT2D eigenvalue weighted by atomic mass is 16.3. The quantitative estimate of drug-likeness (QED) is 0.751. The molecule has 1 unspecified atom stereocenters. The van der Waals surface area contributed by atoms with Gasteiger partial charge in [-0.1, -0.05) is 6.92 Å². The van der Waals surface area contributed by atoms with Crippen LogP contribution in [0.4, 0.5) is 0 Å². The third-order valence-corrected chi connectivity index (χ3v) is 3.87. The average Bonchev–Trinajstić information content (AvgIpc) is 2.86. The third kappa shape index (κ3) is 1.34. The van der Waals surface area contributed by atoms with Gasteiger partial charge < -0.3 is 14.6 Å². The molecule has 1 spiro atoms. The topological polar surface area (TPSA) is 28.4 Å². The predicted octanol–water partition coefficient (Wildman–Crippen LogP) is 1.35. The van der Waals surface area contributed by atoms with Gasteiger partial charge >= 0.3 is 0 Å². The van der Waals surface area contributed by atoms with Crippen molar-refractivity contribution in [3.63, 3.8) is 0 Å². The van der Waals surface area contributed by atoms with E-state index in [2.05, 4.69) is 23.2 Å². The highest BCUT2D eigenvalue weighted by molar-refractivity contribution is 5.31. The molecule has 15 heavy (non-hydrogen) atoms. The van der Waals surface area contributed by atoms with Gasteiger partial charge in [0.25, 0.3) is 0 Å². The largest absolute Gasteiger partial charge is 0.469 e. The lowest BCUT2D eigenvalue weighted by Crippen LogP contribution is -2.48. The van der Waals surface area contributed by atoms with Crippen molar-refractivity contribution in [3.05, 3.63) is 23.7 Å². The lowest BCUT2D eigenvalue weighted by molar-refractivity contribution is 0.274. The normalized spacial score (nSPS) is 31.0. The van der Waals surface area contributed by atoms with Crippen molar-refractivity contribution in [2.24, 2.45) is 0 Å². The molecule has 0 bridgehead atoms. The molecule has 0 aromatic carbocycles.